The van der Waals surface area contributed by atoms with Crippen LogP contribution >= 0.6 is 0 Å². The highest BCUT2D eigenvalue weighted by atomic mass is 16.2. The Bertz CT molecular complexity index is 809. The molecule has 0 radical (unpaired) electrons. The third-order valence-corrected chi connectivity index (χ3v) is 3.52. The molecule has 0 saturated carbocycles. The summed E-state index contributed by atoms with van der Waals surface area (Å²) < 4.78 is 0. The molecule has 0 atom stereocenters. The summed E-state index contributed by atoms with van der Waals surface area (Å²) in [7, 11) is 0. The van der Waals surface area contributed by atoms with Crippen LogP contribution in [0.5, 0.6) is 0 Å². The fourth-order valence-corrected chi connectivity index (χ4v) is 1.85. The largest absolute Gasteiger partial charge is 0.271 e. The van der Waals surface area contributed by atoms with Gasteiger partial charge in [0.1, 0.15) is 0 Å². The van der Waals surface area contributed by atoms with Gasteiger partial charge < -0.3 is 0 Å². The molecule has 128 valence electrons. The fraction of sp³-hybridized carbons (Fsp3) is 0.158. The number of nitrogens with zero attached hydrogens (tertiary/aromatic N) is 2. The Morgan fingerprint density at radius 2 is 1.16 bits per heavy atom. The molecule has 2 aromatic rings. The van der Waals surface area contributed by atoms with Crippen molar-refractivity contribution >= 4 is 23.2 Å². The van der Waals surface area contributed by atoms with Gasteiger partial charge in [-0.15, -0.1) is 0 Å². The Labute approximate surface area is 146 Å². The number of aryl methyl sites for hydroxylation is 1. The zero-order valence-electron chi connectivity index (χ0n) is 14.4. The van der Waals surface area contributed by atoms with Crippen LogP contribution in [0.1, 0.15) is 40.1 Å². The van der Waals surface area contributed by atoms with E-state index in [1.165, 1.54) is 0 Å². The minimum atomic E-state index is -0.309. The molecule has 0 aliphatic heterocycles. The number of amides is 2. The van der Waals surface area contributed by atoms with Crippen molar-refractivity contribution in [3.05, 3.63) is 71.3 Å². The van der Waals surface area contributed by atoms with Crippen LogP contribution in [-0.2, 0) is 0 Å². The van der Waals surface area contributed by atoms with Gasteiger partial charge in [0.25, 0.3) is 11.8 Å². The molecule has 0 spiro atoms. The van der Waals surface area contributed by atoms with Crippen molar-refractivity contribution in [3.63, 3.8) is 0 Å². The molecule has 6 heteroatoms. The summed E-state index contributed by atoms with van der Waals surface area (Å²) in [5.74, 6) is -0.614. The van der Waals surface area contributed by atoms with Gasteiger partial charge in [-0.05, 0) is 45.0 Å². The SMILES string of the molecule is CC(=N\NC(=O)c1ccccc1)/C(C)=N/NC(=O)c1ccc(C)cc1. The highest BCUT2D eigenvalue weighted by Gasteiger charge is 2.06. The van der Waals surface area contributed by atoms with Gasteiger partial charge in [0.05, 0.1) is 11.4 Å². The highest BCUT2D eigenvalue weighted by molar-refractivity contribution is 6.40. The summed E-state index contributed by atoms with van der Waals surface area (Å²) in [6.45, 7) is 5.35. The second-order valence-corrected chi connectivity index (χ2v) is 5.51. The maximum atomic E-state index is 12.0. The number of rotatable bonds is 5. The number of carbonyl (C=O) groups excluding carboxylic acids is 2. The Kier molecular flexibility index (Phi) is 6.17. The quantitative estimate of drug-likeness (QED) is 0.650. The molecule has 0 fully saturated rings. The first kappa shape index (κ1) is 18.1. The van der Waals surface area contributed by atoms with Crippen molar-refractivity contribution in [1.82, 2.24) is 10.9 Å². The molecule has 2 N–H and O–H groups in total. The molecule has 0 bridgehead atoms. The third-order valence-electron chi connectivity index (χ3n) is 3.52. The van der Waals surface area contributed by atoms with Crippen LogP contribution < -0.4 is 10.9 Å². The van der Waals surface area contributed by atoms with Crippen LogP contribution in [0.4, 0.5) is 0 Å². The van der Waals surface area contributed by atoms with Crippen molar-refractivity contribution in [2.24, 2.45) is 10.2 Å². The van der Waals surface area contributed by atoms with E-state index in [4.69, 9.17) is 0 Å². The van der Waals surface area contributed by atoms with Gasteiger partial charge in [-0.25, -0.2) is 10.9 Å². The number of hydrogen-bond acceptors (Lipinski definition) is 4. The number of hydrogen-bond donors (Lipinski definition) is 2. The summed E-state index contributed by atoms with van der Waals surface area (Å²) in [6, 6.07) is 16.0. The van der Waals surface area contributed by atoms with E-state index in [1.807, 2.05) is 25.1 Å². The predicted octanol–water partition coefficient (Wildman–Crippen LogP) is 2.91. The van der Waals surface area contributed by atoms with E-state index in [-0.39, 0.29) is 11.8 Å². The monoisotopic (exact) mass is 336 g/mol. The topological polar surface area (TPSA) is 82.9 Å². The summed E-state index contributed by atoms with van der Waals surface area (Å²) in [5.41, 5.74) is 8.04. The Morgan fingerprint density at radius 1 is 0.720 bits per heavy atom. The number of nitrogens with one attached hydrogen (secondary N) is 2. The lowest BCUT2D eigenvalue weighted by Crippen LogP contribution is -2.24. The third kappa shape index (κ3) is 5.39. The van der Waals surface area contributed by atoms with E-state index >= 15 is 0 Å². The van der Waals surface area contributed by atoms with Gasteiger partial charge in [-0.1, -0.05) is 35.9 Å². The molecule has 6 nitrogen and oxygen atoms in total. The van der Waals surface area contributed by atoms with E-state index in [1.54, 1.807) is 50.2 Å². The molecule has 0 aliphatic rings. The van der Waals surface area contributed by atoms with Crippen LogP contribution in [-0.4, -0.2) is 23.2 Å². The Balaban J connectivity index is 1.95. The lowest BCUT2D eigenvalue weighted by atomic mass is 10.1. The predicted molar refractivity (Wildman–Crippen MR) is 98.8 cm³/mol. The van der Waals surface area contributed by atoms with E-state index in [0.29, 0.717) is 22.6 Å². The normalized spacial score (nSPS) is 11.8. The van der Waals surface area contributed by atoms with Crippen molar-refractivity contribution in [2.75, 3.05) is 0 Å². The molecule has 0 saturated heterocycles. The van der Waals surface area contributed by atoms with Crippen LogP contribution in [0, 0.1) is 6.92 Å². The summed E-state index contributed by atoms with van der Waals surface area (Å²) in [5, 5.41) is 8.01. The van der Waals surface area contributed by atoms with Crippen molar-refractivity contribution in [3.8, 4) is 0 Å². The minimum absolute atomic E-state index is 0.305. The average Bonchev–Trinajstić information content (AvgIpc) is 2.64. The van der Waals surface area contributed by atoms with Crippen molar-refractivity contribution < 1.29 is 9.59 Å². The van der Waals surface area contributed by atoms with Gasteiger partial charge >= 0.3 is 0 Å². The lowest BCUT2D eigenvalue weighted by Gasteiger charge is -2.04. The van der Waals surface area contributed by atoms with Gasteiger partial charge in [0.2, 0.25) is 0 Å². The smallest absolute Gasteiger partial charge is 0.267 e. The molecule has 2 rings (SSSR count). The van der Waals surface area contributed by atoms with Gasteiger partial charge in [0.15, 0.2) is 0 Å². The lowest BCUT2D eigenvalue weighted by molar-refractivity contribution is 0.0946. The summed E-state index contributed by atoms with van der Waals surface area (Å²) in [4.78, 5) is 23.9. The molecule has 0 aliphatic carbocycles. The van der Waals surface area contributed by atoms with Gasteiger partial charge in [0, 0.05) is 11.1 Å². The van der Waals surface area contributed by atoms with Crippen LogP contribution in [0.15, 0.2) is 64.8 Å². The number of hydrazone groups is 2. The van der Waals surface area contributed by atoms with Crippen molar-refractivity contribution in [1.29, 1.82) is 0 Å². The standard InChI is InChI=1S/C19H20N4O2/c1-13-9-11-17(12-10-13)19(25)23-21-15(3)14(2)20-22-18(24)16-7-5-4-6-8-16/h4-12H,1-3H3,(H,22,24)(H,23,25)/b20-14+,21-15+. The van der Waals surface area contributed by atoms with Crippen LogP contribution in [0.3, 0.4) is 0 Å². The average molecular weight is 336 g/mol. The zero-order chi connectivity index (χ0) is 18.2. The van der Waals surface area contributed by atoms with E-state index < -0.39 is 0 Å². The highest BCUT2D eigenvalue weighted by Crippen LogP contribution is 2.02. The van der Waals surface area contributed by atoms with Crippen LogP contribution in [0.2, 0.25) is 0 Å². The Morgan fingerprint density at radius 3 is 1.64 bits per heavy atom. The van der Waals surface area contributed by atoms with Gasteiger partial charge in [-0.2, -0.15) is 10.2 Å². The Hall–Kier alpha value is -3.28. The van der Waals surface area contributed by atoms with Crippen molar-refractivity contribution in [2.45, 2.75) is 20.8 Å². The zero-order valence-corrected chi connectivity index (χ0v) is 14.4. The molecule has 25 heavy (non-hydrogen) atoms. The number of carbonyl (C=O) groups is 2. The van der Waals surface area contributed by atoms with Gasteiger partial charge in [-0.3, -0.25) is 9.59 Å². The fourth-order valence-electron chi connectivity index (χ4n) is 1.85. The molecular weight excluding hydrogens is 316 g/mol. The number of benzene rings is 2. The molecule has 0 heterocycles. The minimum Gasteiger partial charge on any atom is -0.267 e. The summed E-state index contributed by atoms with van der Waals surface area (Å²) in [6.07, 6.45) is 0. The maximum Gasteiger partial charge on any atom is 0.271 e. The van der Waals surface area contributed by atoms with E-state index in [0.717, 1.165) is 5.56 Å². The molecule has 2 amide bonds. The summed E-state index contributed by atoms with van der Waals surface area (Å²) >= 11 is 0. The molecule has 2 aromatic carbocycles. The van der Waals surface area contributed by atoms with Crippen LogP contribution in [0.25, 0.3) is 0 Å². The second-order valence-electron chi connectivity index (χ2n) is 5.51. The molecule has 0 unspecified atom stereocenters. The molecule has 0 aromatic heterocycles. The van der Waals surface area contributed by atoms with E-state index in [2.05, 4.69) is 21.1 Å². The maximum absolute atomic E-state index is 12.0. The second kappa shape index (κ2) is 8.54. The first-order valence-electron chi connectivity index (χ1n) is 7.78. The first-order valence-corrected chi connectivity index (χ1v) is 7.78. The molecular formula is C19H20N4O2. The van der Waals surface area contributed by atoms with E-state index in [9.17, 15) is 9.59 Å². The first-order chi connectivity index (χ1) is 12.0.